The first kappa shape index (κ1) is 21.3. The van der Waals surface area contributed by atoms with Gasteiger partial charge in [-0.25, -0.2) is 0 Å². The Morgan fingerprint density at radius 3 is 2.54 bits per heavy atom. The molecule has 2 aromatic carbocycles. The zero-order valence-corrected chi connectivity index (χ0v) is 16.2. The molecule has 2 rings (SSSR count). The molecule has 8 heteroatoms. The van der Waals surface area contributed by atoms with Gasteiger partial charge in [0.15, 0.2) is 17.5 Å². The van der Waals surface area contributed by atoms with Crippen LogP contribution in [-0.4, -0.2) is 33.3 Å². The molecule has 0 unspecified atom stereocenters. The van der Waals surface area contributed by atoms with Gasteiger partial charge in [-0.1, -0.05) is 24.3 Å². The zero-order valence-electron chi connectivity index (χ0n) is 16.2. The number of ether oxygens (including phenoxy) is 3. The second-order valence-corrected chi connectivity index (χ2v) is 5.69. The van der Waals surface area contributed by atoms with E-state index in [2.05, 4.69) is 20.4 Å². The molecule has 0 radical (unpaired) electrons. The number of aliphatic imine (C=N–C) groups is 1. The van der Waals surface area contributed by atoms with Crippen molar-refractivity contribution in [1.29, 1.82) is 0 Å². The normalized spacial score (nSPS) is 11.3. The summed E-state index contributed by atoms with van der Waals surface area (Å²) in [5.41, 5.74) is 1.55. The van der Waals surface area contributed by atoms with Crippen LogP contribution in [0.15, 0.2) is 47.5 Å². The minimum atomic E-state index is -2.94. The summed E-state index contributed by atoms with van der Waals surface area (Å²) in [5.74, 6) is 1.59. The molecule has 6 nitrogen and oxygen atoms in total. The van der Waals surface area contributed by atoms with Gasteiger partial charge in [-0.2, -0.15) is 8.78 Å². The molecule has 2 N–H and O–H groups in total. The molecule has 2 aromatic rings. The average Bonchev–Trinajstić information content (AvgIpc) is 2.70. The van der Waals surface area contributed by atoms with Crippen LogP contribution < -0.4 is 24.8 Å². The van der Waals surface area contributed by atoms with Gasteiger partial charge in [0.2, 0.25) is 0 Å². The van der Waals surface area contributed by atoms with Crippen LogP contribution in [0.5, 0.6) is 17.2 Å². The van der Waals surface area contributed by atoms with Crippen molar-refractivity contribution in [1.82, 2.24) is 10.6 Å². The monoisotopic (exact) mass is 393 g/mol. The van der Waals surface area contributed by atoms with E-state index in [1.807, 2.05) is 24.3 Å². The molecule has 0 amide bonds. The lowest BCUT2D eigenvalue weighted by Crippen LogP contribution is -2.36. The third-order valence-electron chi connectivity index (χ3n) is 3.83. The molecular formula is C20H25F2N3O3. The van der Waals surface area contributed by atoms with Crippen molar-refractivity contribution in [2.24, 2.45) is 4.99 Å². The van der Waals surface area contributed by atoms with Crippen LogP contribution >= 0.6 is 0 Å². The van der Waals surface area contributed by atoms with Gasteiger partial charge >= 0.3 is 6.61 Å². The third kappa shape index (κ3) is 6.29. The van der Waals surface area contributed by atoms with E-state index in [1.54, 1.807) is 39.3 Å². The molecule has 0 saturated carbocycles. The van der Waals surface area contributed by atoms with E-state index < -0.39 is 6.61 Å². The first-order valence-electron chi connectivity index (χ1n) is 8.84. The van der Waals surface area contributed by atoms with Gasteiger partial charge in [0, 0.05) is 25.7 Å². The van der Waals surface area contributed by atoms with Gasteiger partial charge in [0.1, 0.15) is 5.75 Å². The lowest BCUT2D eigenvalue weighted by Gasteiger charge is -2.17. The standard InChI is InChI=1S/C20H25F2N3O3/c1-4-27-17-10-6-8-15(18(17)28-19(21)22)13-25-20(23-2)24-12-14-7-5-9-16(11-14)26-3/h5-11,19H,4,12-13H2,1-3H3,(H2,23,24,25). The van der Waals surface area contributed by atoms with Gasteiger partial charge in [-0.15, -0.1) is 0 Å². The number of hydrogen-bond donors (Lipinski definition) is 2. The highest BCUT2D eigenvalue weighted by molar-refractivity contribution is 5.79. The molecule has 0 saturated heterocycles. The quantitative estimate of drug-likeness (QED) is 0.504. The van der Waals surface area contributed by atoms with E-state index >= 15 is 0 Å². The summed E-state index contributed by atoms with van der Waals surface area (Å²) < 4.78 is 40.9. The Bertz CT molecular complexity index is 785. The number of benzene rings is 2. The number of methoxy groups -OCH3 is 1. The van der Waals surface area contributed by atoms with Crippen molar-refractivity contribution in [3.8, 4) is 17.2 Å². The topological polar surface area (TPSA) is 64.1 Å². The number of nitrogens with one attached hydrogen (secondary N) is 2. The lowest BCUT2D eigenvalue weighted by molar-refractivity contribution is -0.0520. The zero-order chi connectivity index (χ0) is 20.4. The van der Waals surface area contributed by atoms with Crippen molar-refractivity contribution in [2.75, 3.05) is 20.8 Å². The maximum atomic E-state index is 12.8. The number of para-hydroxylation sites is 1. The molecule has 0 aromatic heterocycles. The van der Waals surface area contributed by atoms with Gasteiger partial charge < -0.3 is 24.8 Å². The maximum Gasteiger partial charge on any atom is 0.387 e. The second-order valence-electron chi connectivity index (χ2n) is 5.69. The van der Waals surface area contributed by atoms with Gasteiger partial charge in [-0.3, -0.25) is 4.99 Å². The Labute approximate surface area is 163 Å². The fourth-order valence-electron chi connectivity index (χ4n) is 2.56. The predicted molar refractivity (Wildman–Crippen MR) is 104 cm³/mol. The van der Waals surface area contributed by atoms with Gasteiger partial charge in [0.25, 0.3) is 0 Å². The molecule has 0 aliphatic heterocycles. The molecule has 0 atom stereocenters. The van der Waals surface area contributed by atoms with Crippen molar-refractivity contribution < 1.29 is 23.0 Å². The number of nitrogens with zero attached hydrogens (tertiary/aromatic N) is 1. The number of hydrogen-bond acceptors (Lipinski definition) is 4. The third-order valence-corrected chi connectivity index (χ3v) is 3.83. The van der Waals surface area contributed by atoms with E-state index in [4.69, 9.17) is 9.47 Å². The van der Waals surface area contributed by atoms with Gasteiger partial charge in [-0.05, 0) is 30.7 Å². The molecule has 0 heterocycles. The van der Waals surface area contributed by atoms with Crippen LogP contribution in [0.25, 0.3) is 0 Å². The van der Waals surface area contributed by atoms with E-state index in [1.165, 1.54) is 0 Å². The summed E-state index contributed by atoms with van der Waals surface area (Å²) in [4.78, 5) is 4.15. The SMILES string of the molecule is CCOc1cccc(CNC(=NC)NCc2cccc(OC)c2)c1OC(F)F. The van der Waals surface area contributed by atoms with Crippen LogP contribution in [0.2, 0.25) is 0 Å². The smallest absolute Gasteiger partial charge is 0.387 e. The highest BCUT2D eigenvalue weighted by atomic mass is 19.3. The Hall–Kier alpha value is -3.03. The van der Waals surface area contributed by atoms with Crippen LogP contribution in [0.3, 0.4) is 0 Å². The highest BCUT2D eigenvalue weighted by Crippen LogP contribution is 2.32. The molecule has 0 bridgehead atoms. The molecule has 152 valence electrons. The van der Waals surface area contributed by atoms with Crippen molar-refractivity contribution >= 4 is 5.96 Å². The lowest BCUT2D eigenvalue weighted by atomic mass is 10.2. The second kappa shape index (κ2) is 11.0. The Balaban J connectivity index is 2.03. The van der Waals surface area contributed by atoms with Crippen LogP contribution in [0.1, 0.15) is 18.1 Å². The minimum Gasteiger partial charge on any atom is -0.497 e. The summed E-state index contributed by atoms with van der Waals surface area (Å²) in [6, 6.07) is 12.7. The van der Waals surface area contributed by atoms with Crippen LogP contribution in [0, 0.1) is 0 Å². The number of guanidine groups is 1. The summed E-state index contributed by atoms with van der Waals surface area (Å²) in [7, 11) is 3.25. The van der Waals surface area contributed by atoms with Crippen molar-refractivity contribution in [3.63, 3.8) is 0 Å². The first-order chi connectivity index (χ1) is 13.6. The fourth-order valence-corrected chi connectivity index (χ4v) is 2.56. The van der Waals surface area contributed by atoms with Crippen LogP contribution in [-0.2, 0) is 13.1 Å². The van der Waals surface area contributed by atoms with Crippen molar-refractivity contribution in [3.05, 3.63) is 53.6 Å². The minimum absolute atomic E-state index is 0.0232. The Kier molecular flexibility index (Phi) is 8.33. The Morgan fingerprint density at radius 2 is 1.86 bits per heavy atom. The fraction of sp³-hybridized carbons (Fsp3) is 0.350. The molecule has 0 spiro atoms. The molecular weight excluding hydrogens is 368 g/mol. The summed E-state index contributed by atoms with van der Waals surface area (Å²) in [6.07, 6.45) is 0. The van der Waals surface area contributed by atoms with E-state index in [9.17, 15) is 8.78 Å². The molecule has 0 aliphatic rings. The maximum absolute atomic E-state index is 12.8. The molecule has 0 fully saturated rings. The first-order valence-corrected chi connectivity index (χ1v) is 8.84. The van der Waals surface area contributed by atoms with E-state index in [0.717, 1.165) is 11.3 Å². The molecule has 0 aliphatic carbocycles. The largest absolute Gasteiger partial charge is 0.497 e. The van der Waals surface area contributed by atoms with Crippen LogP contribution in [0.4, 0.5) is 8.78 Å². The average molecular weight is 393 g/mol. The van der Waals surface area contributed by atoms with Crippen molar-refractivity contribution in [2.45, 2.75) is 26.6 Å². The molecule has 28 heavy (non-hydrogen) atoms. The number of rotatable bonds is 9. The number of halogens is 2. The van der Waals surface area contributed by atoms with E-state index in [0.29, 0.717) is 24.7 Å². The summed E-state index contributed by atoms with van der Waals surface area (Å²) >= 11 is 0. The number of alkyl halides is 2. The Morgan fingerprint density at radius 1 is 1.11 bits per heavy atom. The summed E-state index contributed by atoms with van der Waals surface area (Å²) in [6.45, 7) is -0.0515. The highest BCUT2D eigenvalue weighted by Gasteiger charge is 2.16. The van der Waals surface area contributed by atoms with Gasteiger partial charge in [0.05, 0.1) is 13.7 Å². The summed E-state index contributed by atoms with van der Waals surface area (Å²) in [5, 5.41) is 6.27. The predicted octanol–water partition coefficient (Wildman–Crippen LogP) is 3.56. The van der Waals surface area contributed by atoms with E-state index in [-0.39, 0.29) is 18.0 Å².